The third-order valence-corrected chi connectivity index (χ3v) is 4.70. The molecule has 2 amide bonds. The lowest BCUT2D eigenvalue weighted by Gasteiger charge is -2.35. The summed E-state index contributed by atoms with van der Waals surface area (Å²) in [6.45, 7) is 7.01. The van der Waals surface area contributed by atoms with Gasteiger partial charge in [-0.2, -0.15) is 0 Å². The van der Waals surface area contributed by atoms with Gasteiger partial charge in [-0.1, -0.05) is 25.4 Å². The lowest BCUT2D eigenvalue weighted by atomic mass is 9.95. The molecule has 1 fully saturated rings. The molecule has 1 saturated heterocycles. The molecule has 1 aliphatic heterocycles. The van der Waals surface area contributed by atoms with Gasteiger partial charge in [-0.25, -0.2) is 0 Å². The smallest absolute Gasteiger partial charge is 0.253 e. The molecule has 1 aliphatic rings. The molecule has 0 N–H and O–H groups in total. The third kappa shape index (κ3) is 4.73. The number of hydrogen-bond acceptors (Lipinski definition) is 2. The van der Waals surface area contributed by atoms with E-state index in [0.29, 0.717) is 23.7 Å². The molecule has 2 rings (SSSR count). The number of hydrogen-bond donors (Lipinski definition) is 0. The number of carbonyl (C=O) groups excluding carboxylic acids is 2. The zero-order chi connectivity index (χ0) is 17.5. The Morgan fingerprint density at radius 1 is 1.17 bits per heavy atom. The van der Waals surface area contributed by atoms with Crippen LogP contribution in [0.3, 0.4) is 0 Å². The molecule has 1 aromatic rings. The van der Waals surface area contributed by atoms with Crippen LogP contribution < -0.4 is 0 Å². The highest BCUT2D eigenvalue weighted by Gasteiger charge is 2.31. The van der Waals surface area contributed by atoms with Crippen LogP contribution in [0, 0.1) is 5.92 Å². The van der Waals surface area contributed by atoms with Gasteiger partial charge in [-0.05, 0) is 49.9 Å². The minimum atomic E-state index is -0.0758. The zero-order valence-electron chi connectivity index (χ0n) is 14.6. The predicted octanol–water partition coefficient (Wildman–Crippen LogP) is 3.84. The van der Waals surface area contributed by atoms with Crippen molar-refractivity contribution < 1.29 is 9.59 Å². The van der Waals surface area contributed by atoms with Crippen LogP contribution in [0.2, 0.25) is 5.02 Å². The Hall–Kier alpha value is -1.55. The van der Waals surface area contributed by atoms with Gasteiger partial charge in [-0.15, -0.1) is 0 Å². The standard InChI is InChI=1S/C19H27ClN2O2/c1-3-11-21(12-4-2)19(24)16-6-5-13-22(14-16)18(23)15-7-9-17(20)10-8-15/h7-10,16H,3-6,11-14H2,1-2H3. The summed E-state index contributed by atoms with van der Waals surface area (Å²) in [6, 6.07) is 6.95. The van der Waals surface area contributed by atoms with E-state index >= 15 is 0 Å². The van der Waals surface area contributed by atoms with Crippen LogP contribution in [0.25, 0.3) is 0 Å². The van der Waals surface area contributed by atoms with Crippen molar-refractivity contribution in [2.75, 3.05) is 26.2 Å². The zero-order valence-corrected chi connectivity index (χ0v) is 15.4. The molecular formula is C19H27ClN2O2. The Morgan fingerprint density at radius 2 is 1.79 bits per heavy atom. The lowest BCUT2D eigenvalue weighted by molar-refractivity contribution is -0.137. The molecule has 1 unspecified atom stereocenters. The maximum atomic E-state index is 12.8. The fourth-order valence-electron chi connectivity index (χ4n) is 3.27. The second kappa shape index (κ2) is 9.07. The molecule has 5 heteroatoms. The summed E-state index contributed by atoms with van der Waals surface area (Å²) in [5, 5.41) is 0.619. The van der Waals surface area contributed by atoms with Gasteiger partial charge < -0.3 is 9.80 Å². The molecular weight excluding hydrogens is 324 g/mol. The van der Waals surface area contributed by atoms with Crippen molar-refractivity contribution in [2.24, 2.45) is 5.92 Å². The average Bonchev–Trinajstić information content (AvgIpc) is 2.61. The first-order valence-electron chi connectivity index (χ1n) is 8.90. The van der Waals surface area contributed by atoms with Crippen molar-refractivity contribution >= 4 is 23.4 Å². The Labute approximate surface area is 149 Å². The van der Waals surface area contributed by atoms with Crippen LogP contribution in [0.5, 0.6) is 0 Å². The van der Waals surface area contributed by atoms with Crippen LogP contribution in [-0.4, -0.2) is 47.8 Å². The maximum absolute atomic E-state index is 12.8. The number of amides is 2. The quantitative estimate of drug-likeness (QED) is 0.782. The highest BCUT2D eigenvalue weighted by molar-refractivity contribution is 6.30. The molecule has 0 aromatic heterocycles. The van der Waals surface area contributed by atoms with Crippen LogP contribution in [0.15, 0.2) is 24.3 Å². The number of nitrogens with zero attached hydrogens (tertiary/aromatic N) is 2. The van der Waals surface area contributed by atoms with E-state index < -0.39 is 0 Å². The number of piperidine rings is 1. The SMILES string of the molecule is CCCN(CCC)C(=O)C1CCCN(C(=O)c2ccc(Cl)cc2)C1. The van der Waals surface area contributed by atoms with E-state index in [1.165, 1.54) is 0 Å². The highest BCUT2D eigenvalue weighted by atomic mass is 35.5. The van der Waals surface area contributed by atoms with E-state index in [9.17, 15) is 9.59 Å². The Morgan fingerprint density at radius 3 is 2.38 bits per heavy atom. The van der Waals surface area contributed by atoms with E-state index in [1.54, 1.807) is 24.3 Å². The minimum Gasteiger partial charge on any atom is -0.342 e. The summed E-state index contributed by atoms with van der Waals surface area (Å²) in [7, 11) is 0. The molecule has 4 nitrogen and oxygen atoms in total. The first kappa shape index (κ1) is 18.8. The highest BCUT2D eigenvalue weighted by Crippen LogP contribution is 2.21. The molecule has 0 saturated carbocycles. The average molecular weight is 351 g/mol. The van der Waals surface area contributed by atoms with Crippen molar-refractivity contribution in [1.82, 2.24) is 9.80 Å². The fraction of sp³-hybridized carbons (Fsp3) is 0.579. The molecule has 1 atom stereocenters. The summed E-state index contributed by atoms with van der Waals surface area (Å²) in [5.41, 5.74) is 0.631. The topological polar surface area (TPSA) is 40.6 Å². The van der Waals surface area contributed by atoms with Crippen LogP contribution in [-0.2, 0) is 4.79 Å². The second-order valence-corrected chi connectivity index (χ2v) is 6.86. The summed E-state index contributed by atoms with van der Waals surface area (Å²) in [5.74, 6) is 0.113. The van der Waals surface area contributed by atoms with Crippen molar-refractivity contribution in [2.45, 2.75) is 39.5 Å². The molecule has 1 heterocycles. The monoisotopic (exact) mass is 350 g/mol. The number of carbonyl (C=O) groups is 2. The van der Waals surface area contributed by atoms with Crippen LogP contribution in [0.4, 0.5) is 0 Å². The van der Waals surface area contributed by atoms with Crippen molar-refractivity contribution in [3.63, 3.8) is 0 Å². The molecule has 132 valence electrons. The molecule has 0 spiro atoms. The maximum Gasteiger partial charge on any atom is 0.253 e. The summed E-state index contributed by atoms with van der Waals surface area (Å²) < 4.78 is 0. The second-order valence-electron chi connectivity index (χ2n) is 6.42. The minimum absolute atomic E-state index is 0.0123. The van der Waals surface area contributed by atoms with E-state index in [0.717, 1.165) is 38.8 Å². The van der Waals surface area contributed by atoms with Crippen LogP contribution in [0.1, 0.15) is 49.9 Å². The Bertz CT molecular complexity index is 553. The van der Waals surface area contributed by atoms with E-state index in [2.05, 4.69) is 13.8 Å². The van der Waals surface area contributed by atoms with E-state index in [1.807, 2.05) is 9.80 Å². The third-order valence-electron chi connectivity index (χ3n) is 4.45. The lowest BCUT2D eigenvalue weighted by Crippen LogP contribution is -2.47. The van der Waals surface area contributed by atoms with Gasteiger partial charge in [0.15, 0.2) is 0 Å². The normalized spacial score (nSPS) is 17.6. The summed E-state index contributed by atoms with van der Waals surface area (Å²) in [4.78, 5) is 29.2. The molecule has 24 heavy (non-hydrogen) atoms. The van der Waals surface area contributed by atoms with Crippen molar-refractivity contribution in [3.8, 4) is 0 Å². The predicted molar refractivity (Wildman–Crippen MR) is 97.2 cm³/mol. The first-order valence-corrected chi connectivity index (χ1v) is 9.28. The Balaban J connectivity index is 2.03. The van der Waals surface area contributed by atoms with Crippen molar-refractivity contribution in [3.05, 3.63) is 34.9 Å². The van der Waals surface area contributed by atoms with E-state index in [-0.39, 0.29) is 17.7 Å². The van der Waals surface area contributed by atoms with Gasteiger partial charge in [0.1, 0.15) is 0 Å². The largest absolute Gasteiger partial charge is 0.342 e. The number of rotatable bonds is 6. The fourth-order valence-corrected chi connectivity index (χ4v) is 3.39. The van der Waals surface area contributed by atoms with Gasteiger partial charge in [0.2, 0.25) is 5.91 Å². The molecule has 0 aliphatic carbocycles. The summed E-state index contributed by atoms with van der Waals surface area (Å²) in [6.07, 6.45) is 3.67. The molecule has 0 radical (unpaired) electrons. The number of halogens is 1. The van der Waals surface area contributed by atoms with Gasteiger partial charge in [0.25, 0.3) is 5.91 Å². The van der Waals surface area contributed by atoms with Gasteiger partial charge >= 0.3 is 0 Å². The van der Waals surface area contributed by atoms with E-state index in [4.69, 9.17) is 11.6 Å². The van der Waals surface area contributed by atoms with Gasteiger partial charge in [-0.3, -0.25) is 9.59 Å². The van der Waals surface area contributed by atoms with Crippen LogP contribution >= 0.6 is 11.6 Å². The summed E-state index contributed by atoms with van der Waals surface area (Å²) >= 11 is 5.89. The molecule has 1 aromatic carbocycles. The first-order chi connectivity index (χ1) is 11.6. The van der Waals surface area contributed by atoms with Gasteiger partial charge in [0, 0.05) is 36.8 Å². The molecule has 0 bridgehead atoms. The number of likely N-dealkylation sites (tertiary alicyclic amines) is 1. The number of benzene rings is 1. The van der Waals surface area contributed by atoms with Crippen molar-refractivity contribution in [1.29, 1.82) is 0 Å². The van der Waals surface area contributed by atoms with Gasteiger partial charge in [0.05, 0.1) is 5.92 Å². The Kier molecular flexibility index (Phi) is 7.10.